The van der Waals surface area contributed by atoms with Crippen LogP contribution >= 0.6 is 0 Å². The number of hydrogen-bond acceptors (Lipinski definition) is 3. The predicted molar refractivity (Wildman–Crippen MR) is 63.2 cm³/mol. The molecular weight excluding hydrogens is 261 g/mol. The van der Waals surface area contributed by atoms with Crippen molar-refractivity contribution < 1.29 is 22.7 Å². The minimum atomic E-state index is -4.18. The maximum absolute atomic E-state index is 13.5. The van der Waals surface area contributed by atoms with Crippen LogP contribution in [-0.4, -0.2) is 25.5 Å². The summed E-state index contributed by atoms with van der Waals surface area (Å²) in [6.45, 7) is 3.14. The number of aryl methyl sites for hydroxylation is 1. The Labute approximate surface area is 105 Å². The molecule has 0 aliphatic heterocycles. The van der Waals surface area contributed by atoms with Gasteiger partial charge in [0.2, 0.25) is 10.0 Å². The third-order valence-corrected chi connectivity index (χ3v) is 3.87. The van der Waals surface area contributed by atoms with Crippen molar-refractivity contribution in [2.24, 2.45) is 0 Å². The Morgan fingerprint density at radius 2 is 2.11 bits per heavy atom. The summed E-state index contributed by atoms with van der Waals surface area (Å²) in [6.07, 6.45) is 0.0714. The van der Waals surface area contributed by atoms with Crippen molar-refractivity contribution in [1.82, 2.24) is 4.72 Å². The van der Waals surface area contributed by atoms with Gasteiger partial charge in [0.15, 0.2) is 0 Å². The average molecular weight is 275 g/mol. The molecule has 0 radical (unpaired) electrons. The zero-order chi connectivity index (χ0) is 13.9. The number of nitrogens with one attached hydrogen (secondary N) is 1. The number of aliphatic carboxylic acids is 1. The third kappa shape index (κ3) is 3.27. The molecule has 7 heteroatoms. The van der Waals surface area contributed by atoms with Gasteiger partial charge in [0.05, 0.1) is 0 Å². The standard InChI is InChI=1S/C11H14FNO4S/c1-3-9(11(14)15)13-18(16,17)10-6-7(2)4-5-8(10)12/h4-6,9,13H,3H2,1-2H3,(H,14,15)/t9-/m0/s1. The zero-order valence-electron chi connectivity index (χ0n) is 9.97. The van der Waals surface area contributed by atoms with E-state index in [1.165, 1.54) is 13.0 Å². The molecule has 2 N–H and O–H groups in total. The van der Waals surface area contributed by atoms with Crippen molar-refractivity contribution >= 4 is 16.0 Å². The molecule has 0 saturated carbocycles. The van der Waals surface area contributed by atoms with Crippen LogP contribution in [0.2, 0.25) is 0 Å². The van der Waals surface area contributed by atoms with Crippen LogP contribution < -0.4 is 4.72 Å². The maximum Gasteiger partial charge on any atom is 0.321 e. The van der Waals surface area contributed by atoms with Gasteiger partial charge in [-0.25, -0.2) is 12.8 Å². The van der Waals surface area contributed by atoms with E-state index in [0.29, 0.717) is 5.56 Å². The second-order valence-corrected chi connectivity index (χ2v) is 5.54. The molecule has 0 aromatic heterocycles. The number of benzene rings is 1. The SMILES string of the molecule is CC[C@H](NS(=O)(=O)c1cc(C)ccc1F)C(=O)O. The number of sulfonamides is 1. The summed E-state index contributed by atoms with van der Waals surface area (Å²) in [7, 11) is -4.18. The van der Waals surface area contributed by atoms with Crippen LogP contribution in [0.3, 0.4) is 0 Å². The molecular formula is C11H14FNO4S. The Morgan fingerprint density at radius 1 is 1.50 bits per heavy atom. The first-order chi connectivity index (χ1) is 8.27. The Bertz CT molecular complexity index is 556. The van der Waals surface area contributed by atoms with E-state index in [0.717, 1.165) is 12.1 Å². The van der Waals surface area contributed by atoms with Gasteiger partial charge in [-0.15, -0.1) is 0 Å². The van der Waals surface area contributed by atoms with Crippen molar-refractivity contribution in [3.05, 3.63) is 29.6 Å². The third-order valence-electron chi connectivity index (χ3n) is 2.38. The van der Waals surface area contributed by atoms with Crippen molar-refractivity contribution in [1.29, 1.82) is 0 Å². The van der Waals surface area contributed by atoms with Crippen LogP contribution in [0, 0.1) is 12.7 Å². The van der Waals surface area contributed by atoms with Crippen molar-refractivity contribution in [2.75, 3.05) is 0 Å². The lowest BCUT2D eigenvalue weighted by atomic mass is 10.2. The highest BCUT2D eigenvalue weighted by molar-refractivity contribution is 7.89. The molecule has 5 nitrogen and oxygen atoms in total. The zero-order valence-corrected chi connectivity index (χ0v) is 10.8. The Kier molecular flexibility index (Phi) is 4.42. The van der Waals surface area contributed by atoms with Crippen molar-refractivity contribution in [3.8, 4) is 0 Å². The largest absolute Gasteiger partial charge is 0.480 e. The molecule has 0 aliphatic rings. The molecule has 0 spiro atoms. The number of rotatable bonds is 5. The minimum Gasteiger partial charge on any atom is -0.480 e. The van der Waals surface area contributed by atoms with E-state index >= 15 is 0 Å². The molecule has 0 amide bonds. The molecule has 1 atom stereocenters. The molecule has 1 aromatic carbocycles. The molecule has 0 aliphatic carbocycles. The monoisotopic (exact) mass is 275 g/mol. The van der Waals surface area contributed by atoms with Gasteiger partial charge in [0, 0.05) is 0 Å². The second kappa shape index (κ2) is 5.45. The maximum atomic E-state index is 13.5. The van der Waals surface area contributed by atoms with Gasteiger partial charge in [-0.2, -0.15) is 4.72 Å². The quantitative estimate of drug-likeness (QED) is 0.847. The fourth-order valence-electron chi connectivity index (χ4n) is 1.38. The number of hydrogen-bond donors (Lipinski definition) is 2. The number of carbonyl (C=O) groups is 1. The molecule has 0 unspecified atom stereocenters. The van der Waals surface area contributed by atoms with Crippen molar-refractivity contribution in [2.45, 2.75) is 31.2 Å². The van der Waals surface area contributed by atoms with E-state index in [1.54, 1.807) is 6.92 Å². The van der Waals surface area contributed by atoms with Crippen LogP contribution in [0.1, 0.15) is 18.9 Å². The highest BCUT2D eigenvalue weighted by atomic mass is 32.2. The highest BCUT2D eigenvalue weighted by Crippen LogP contribution is 2.16. The van der Waals surface area contributed by atoms with E-state index in [2.05, 4.69) is 0 Å². The first-order valence-electron chi connectivity index (χ1n) is 5.29. The van der Waals surface area contributed by atoms with E-state index in [9.17, 15) is 17.6 Å². The lowest BCUT2D eigenvalue weighted by molar-refractivity contribution is -0.139. The van der Waals surface area contributed by atoms with E-state index in [1.807, 2.05) is 4.72 Å². The topological polar surface area (TPSA) is 83.5 Å². The van der Waals surface area contributed by atoms with E-state index in [4.69, 9.17) is 5.11 Å². The summed E-state index contributed by atoms with van der Waals surface area (Å²) in [5, 5.41) is 8.79. The minimum absolute atomic E-state index is 0.0714. The van der Waals surface area contributed by atoms with Crippen LogP contribution in [0.15, 0.2) is 23.1 Å². The molecule has 0 bridgehead atoms. The van der Waals surface area contributed by atoms with Crippen molar-refractivity contribution in [3.63, 3.8) is 0 Å². The van der Waals surface area contributed by atoms with Gasteiger partial charge >= 0.3 is 5.97 Å². The lowest BCUT2D eigenvalue weighted by Crippen LogP contribution is -2.40. The summed E-state index contributed by atoms with van der Waals surface area (Å²) in [4.78, 5) is 10.2. The fourth-order valence-corrected chi connectivity index (χ4v) is 2.81. The van der Waals surface area contributed by atoms with Crippen LogP contribution in [-0.2, 0) is 14.8 Å². The number of carboxylic acid groups (broad SMARTS) is 1. The van der Waals surface area contributed by atoms with Gasteiger partial charge in [-0.05, 0) is 31.0 Å². The van der Waals surface area contributed by atoms with Crippen LogP contribution in [0.5, 0.6) is 0 Å². The Balaban J connectivity index is 3.14. The summed E-state index contributed by atoms with van der Waals surface area (Å²) >= 11 is 0. The summed E-state index contributed by atoms with van der Waals surface area (Å²) in [6, 6.07) is 2.36. The predicted octanol–water partition coefficient (Wildman–Crippen LogP) is 1.28. The van der Waals surface area contributed by atoms with E-state index in [-0.39, 0.29) is 6.42 Å². The lowest BCUT2D eigenvalue weighted by Gasteiger charge is -2.13. The molecule has 0 fully saturated rings. The Hall–Kier alpha value is -1.47. The molecule has 100 valence electrons. The highest BCUT2D eigenvalue weighted by Gasteiger charge is 2.26. The molecule has 1 aromatic rings. The normalized spacial score (nSPS) is 13.3. The number of halogens is 1. The van der Waals surface area contributed by atoms with Gasteiger partial charge in [0.25, 0.3) is 0 Å². The second-order valence-electron chi connectivity index (χ2n) is 3.85. The molecule has 0 heterocycles. The van der Waals surface area contributed by atoms with Crippen LogP contribution in [0.25, 0.3) is 0 Å². The molecule has 18 heavy (non-hydrogen) atoms. The smallest absolute Gasteiger partial charge is 0.321 e. The fraction of sp³-hybridized carbons (Fsp3) is 0.364. The van der Waals surface area contributed by atoms with Gasteiger partial charge in [-0.1, -0.05) is 13.0 Å². The number of carboxylic acids is 1. The average Bonchev–Trinajstić information content (AvgIpc) is 2.28. The first kappa shape index (κ1) is 14.6. The summed E-state index contributed by atoms with van der Waals surface area (Å²) in [5.74, 6) is -2.21. The first-order valence-corrected chi connectivity index (χ1v) is 6.77. The molecule has 1 rings (SSSR count). The molecule has 0 saturated heterocycles. The summed E-state index contributed by atoms with van der Waals surface area (Å²) < 4.78 is 39.1. The van der Waals surface area contributed by atoms with E-state index < -0.39 is 32.7 Å². The van der Waals surface area contributed by atoms with Gasteiger partial charge in [-0.3, -0.25) is 4.79 Å². The summed E-state index contributed by atoms with van der Waals surface area (Å²) in [5.41, 5.74) is 0.570. The Morgan fingerprint density at radius 3 is 2.61 bits per heavy atom. The van der Waals surface area contributed by atoms with Crippen LogP contribution in [0.4, 0.5) is 4.39 Å². The van der Waals surface area contributed by atoms with Gasteiger partial charge in [0.1, 0.15) is 16.8 Å². The van der Waals surface area contributed by atoms with Gasteiger partial charge < -0.3 is 5.11 Å².